The van der Waals surface area contributed by atoms with Crippen LogP contribution >= 0.6 is 11.6 Å². The summed E-state index contributed by atoms with van der Waals surface area (Å²) in [5, 5.41) is 16.5. The van der Waals surface area contributed by atoms with Crippen molar-refractivity contribution in [1.29, 1.82) is 0 Å². The van der Waals surface area contributed by atoms with Gasteiger partial charge in [-0.2, -0.15) is 0 Å². The van der Waals surface area contributed by atoms with Gasteiger partial charge in [0.05, 0.1) is 28.2 Å². The summed E-state index contributed by atoms with van der Waals surface area (Å²) < 4.78 is 14.7. The molecule has 2 aromatic rings. The second-order valence-corrected chi connectivity index (χ2v) is 7.59. The smallest absolute Gasteiger partial charge is 0.394 e. The molecule has 2 atom stereocenters. The fourth-order valence-electron chi connectivity index (χ4n) is 3.20. The zero-order valence-corrected chi connectivity index (χ0v) is 16.8. The fourth-order valence-corrected chi connectivity index (χ4v) is 3.46. The van der Waals surface area contributed by atoms with E-state index >= 15 is 0 Å². The van der Waals surface area contributed by atoms with Gasteiger partial charge in [0.15, 0.2) is 0 Å². The molecule has 10 heteroatoms. The van der Waals surface area contributed by atoms with Gasteiger partial charge in [-0.25, -0.2) is 9.18 Å². The summed E-state index contributed by atoms with van der Waals surface area (Å²) in [6.45, 7) is 2.98. The number of hydrogen-bond donors (Lipinski definition) is 4. The largest absolute Gasteiger partial charge is 0.474 e. The average molecular weight is 435 g/mol. The van der Waals surface area contributed by atoms with Crippen molar-refractivity contribution in [2.75, 3.05) is 17.2 Å². The topological polar surface area (TPSA) is 120 Å². The number of nitrogens with one attached hydrogen (secondary N) is 3. The lowest BCUT2D eigenvalue weighted by molar-refractivity contribution is -0.147. The third-order valence-corrected chi connectivity index (χ3v) is 5.12. The molecule has 2 heterocycles. The van der Waals surface area contributed by atoms with Crippen LogP contribution in [0.5, 0.6) is 0 Å². The van der Waals surface area contributed by atoms with Gasteiger partial charge in [0.25, 0.3) is 5.91 Å². The molecule has 158 valence electrons. The molecule has 2 unspecified atom stereocenters. The van der Waals surface area contributed by atoms with E-state index in [0.29, 0.717) is 11.5 Å². The molecule has 1 fully saturated rings. The van der Waals surface area contributed by atoms with E-state index in [-0.39, 0.29) is 28.0 Å². The molecular weight excluding hydrogens is 415 g/mol. The van der Waals surface area contributed by atoms with Crippen molar-refractivity contribution in [1.82, 2.24) is 10.3 Å². The number of halogens is 2. The Morgan fingerprint density at radius 2 is 1.97 bits per heavy atom. The van der Waals surface area contributed by atoms with Crippen LogP contribution in [0.2, 0.25) is 5.02 Å². The molecule has 0 bridgehead atoms. The highest BCUT2D eigenvalue weighted by molar-refractivity contribution is 6.36. The molecule has 1 aromatic carbocycles. The van der Waals surface area contributed by atoms with Gasteiger partial charge in [0.2, 0.25) is 0 Å². The molecular formula is C20H20ClFN4O4. The predicted molar refractivity (Wildman–Crippen MR) is 109 cm³/mol. The maximum Gasteiger partial charge on any atom is 0.394 e. The number of amides is 2. The fraction of sp³-hybridized carbons (Fsp3) is 0.300. The van der Waals surface area contributed by atoms with E-state index in [1.54, 1.807) is 6.07 Å². The first-order valence-electron chi connectivity index (χ1n) is 9.27. The van der Waals surface area contributed by atoms with E-state index < -0.39 is 23.6 Å². The summed E-state index contributed by atoms with van der Waals surface area (Å²) in [7, 11) is 0. The number of piperidine rings is 1. The third-order valence-electron chi connectivity index (χ3n) is 4.82. The van der Waals surface area contributed by atoms with Crippen molar-refractivity contribution in [3.05, 3.63) is 52.6 Å². The third kappa shape index (κ3) is 5.11. The van der Waals surface area contributed by atoms with Gasteiger partial charge in [-0.1, -0.05) is 18.5 Å². The second-order valence-electron chi connectivity index (χ2n) is 7.18. The van der Waals surface area contributed by atoms with Crippen LogP contribution in [0, 0.1) is 11.7 Å². The molecule has 0 saturated carbocycles. The zero-order chi connectivity index (χ0) is 21.8. The van der Waals surface area contributed by atoms with Gasteiger partial charge in [0, 0.05) is 12.2 Å². The van der Waals surface area contributed by atoms with Crippen LogP contribution in [-0.2, 0) is 9.59 Å². The minimum atomic E-state index is -1.68. The summed E-state index contributed by atoms with van der Waals surface area (Å²) in [4.78, 5) is 38.1. The number of carbonyl (C=O) groups excluding carboxylic acids is 2. The predicted octanol–water partition coefficient (Wildman–Crippen LogP) is 3.21. The highest BCUT2D eigenvalue weighted by atomic mass is 35.5. The number of anilines is 2. The first-order chi connectivity index (χ1) is 14.2. The monoisotopic (exact) mass is 434 g/mol. The van der Waals surface area contributed by atoms with Crippen LogP contribution in [0.25, 0.3) is 0 Å². The maximum absolute atomic E-state index is 14.7. The van der Waals surface area contributed by atoms with Crippen molar-refractivity contribution in [2.45, 2.75) is 25.8 Å². The number of hydrogen-bond acceptors (Lipinski definition) is 5. The van der Waals surface area contributed by atoms with E-state index in [1.807, 2.05) is 0 Å². The van der Waals surface area contributed by atoms with E-state index in [1.165, 1.54) is 24.5 Å². The zero-order valence-electron chi connectivity index (χ0n) is 16.0. The van der Waals surface area contributed by atoms with Gasteiger partial charge in [-0.05, 0) is 49.1 Å². The Hall–Kier alpha value is -3.04. The number of aliphatic carboxylic acids is 1. The Morgan fingerprint density at radius 3 is 2.60 bits per heavy atom. The molecule has 0 spiro atoms. The first-order valence-corrected chi connectivity index (χ1v) is 9.65. The van der Waals surface area contributed by atoms with Crippen molar-refractivity contribution in [3.8, 4) is 0 Å². The summed E-state index contributed by atoms with van der Waals surface area (Å²) in [6, 6.07) is 4.18. The molecule has 0 radical (unpaired) electrons. The van der Waals surface area contributed by atoms with Crippen LogP contribution in [0.1, 0.15) is 41.7 Å². The van der Waals surface area contributed by atoms with Crippen molar-refractivity contribution >= 4 is 40.8 Å². The van der Waals surface area contributed by atoms with Crippen LogP contribution in [0.15, 0.2) is 30.6 Å². The Kier molecular flexibility index (Phi) is 6.63. The molecule has 1 aliphatic rings. The van der Waals surface area contributed by atoms with Gasteiger partial charge in [-0.15, -0.1) is 0 Å². The number of carbonyl (C=O) groups is 3. The molecule has 8 nitrogen and oxygen atoms in total. The Bertz CT molecular complexity index is 970. The molecule has 2 amide bonds. The molecule has 1 aromatic heterocycles. The molecule has 1 aliphatic heterocycles. The summed E-state index contributed by atoms with van der Waals surface area (Å²) in [5.41, 5.74) is 0.534. The van der Waals surface area contributed by atoms with Gasteiger partial charge >= 0.3 is 11.9 Å². The lowest BCUT2D eigenvalue weighted by Crippen LogP contribution is -2.32. The number of carboxylic acids is 1. The average Bonchev–Trinajstić information content (AvgIpc) is 2.71. The van der Waals surface area contributed by atoms with E-state index in [2.05, 4.69) is 27.9 Å². The van der Waals surface area contributed by atoms with E-state index in [0.717, 1.165) is 19.4 Å². The minimum absolute atomic E-state index is 0.00307. The van der Waals surface area contributed by atoms with Crippen LogP contribution in [0.3, 0.4) is 0 Å². The summed E-state index contributed by atoms with van der Waals surface area (Å²) in [6.07, 6.45) is 4.26. The molecule has 3 rings (SSSR count). The number of benzene rings is 1. The summed E-state index contributed by atoms with van der Waals surface area (Å²) in [5.74, 6) is -3.78. The van der Waals surface area contributed by atoms with Gasteiger partial charge in [0.1, 0.15) is 5.82 Å². The molecule has 4 N–H and O–H groups in total. The number of aromatic nitrogens is 1. The lowest BCUT2D eigenvalue weighted by atomic mass is 9.92. The van der Waals surface area contributed by atoms with Crippen molar-refractivity contribution in [2.24, 2.45) is 5.92 Å². The Morgan fingerprint density at radius 1 is 1.20 bits per heavy atom. The molecule has 1 saturated heterocycles. The number of rotatable bonds is 4. The van der Waals surface area contributed by atoms with E-state index in [9.17, 15) is 18.8 Å². The van der Waals surface area contributed by atoms with Gasteiger partial charge in [-0.3, -0.25) is 14.6 Å². The summed E-state index contributed by atoms with van der Waals surface area (Å²) >= 11 is 6.23. The minimum Gasteiger partial charge on any atom is -0.474 e. The lowest BCUT2D eigenvalue weighted by Gasteiger charge is -2.28. The van der Waals surface area contributed by atoms with Crippen LogP contribution < -0.4 is 16.0 Å². The van der Waals surface area contributed by atoms with Crippen LogP contribution in [0.4, 0.5) is 15.8 Å². The quantitative estimate of drug-likeness (QED) is 0.548. The second kappa shape index (κ2) is 9.19. The molecule has 30 heavy (non-hydrogen) atoms. The SMILES string of the molecule is CC1CCC(c2cc(F)c(NC(=O)c3cncc(NC(=O)C(=O)O)c3)c(Cl)c2)NC1. The highest BCUT2D eigenvalue weighted by Gasteiger charge is 2.22. The number of pyridine rings is 1. The molecule has 0 aliphatic carbocycles. The number of carboxylic acid groups (broad SMARTS) is 1. The Balaban J connectivity index is 1.75. The maximum atomic E-state index is 14.7. The van der Waals surface area contributed by atoms with Crippen LogP contribution in [-0.4, -0.2) is 34.4 Å². The number of nitrogens with zero attached hydrogens (tertiary/aromatic N) is 1. The van der Waals surface area contributed by atoms with Gasteiger partial charge < -0.3 is 21.1 Å². The van der Waals surface area contributed by atoms with Crippen molar-refractivity contribution < 1.29 is 23.9 Å². The Labute approximate surface area is 176 Å². The highest BCUT2D eigenvalue weighted by Crippen LogP contribution is 2.33. The van der Waals surface area contributed by atoms with Crippen molar-refractivity contribution in [3.63, 3.8) is 0 Å². The van der Waals surface area contributed by atoms with E-state index in [4.69, 9.17) is 16.7 Å². The standard InChI is InChI=1S/C20H20ClFN4O4/c1-10-2-3-16(24-7-10)11-5-14(21)17(15(22)6-11)26-18(27)12-4-13(9-23-8-12)25-19(28)20(29)30/h4-6,8-10,16,24H,2-3,7H2,1H3,(H,25,28)(H,26,27)(H,29,30). The normalized spacial score (nSPS) is 18.5. The first kappa shape index (κ1) is 21.7.